The smallest absolute Gasteiger partial charge is 0.160 e. The number of hydrogen-bond acceptors (Lipinski definition) is 3. The molecule has 1 N–H and O–H groups in total. The Hall–Kier alpha value is -1.14. The molecule has 3 heteroatoms. The fourth-order valence-electron chi connectivity index (χ4n) is 1.73. The molecule has 11 heavy (non-hydrogen) atoms. The van der Waals surface area contributed by atoms with Crippen LogP contribution in [0, 0.1) is 29.1 Å². The van der Waals surface area contributed by atoms with E-state index in [-0.39, 0.29) is 23.5 Å². The van der Waals surface area contributed by atoms with Crippen LogP contribution in [0.5, 0.6) is 0 Å². The Balaban J connectivity index is 2.26. The molecule has 0 aromatic rings. The average Bonchev–Trinajstić information content (AvgIpc) is 2.72. The van der Waals surface area contributed by atoms with Crippen molar-refractivity contribution in [1.29, 1.82) is 5.26 Å². The standard InChI is InChI=1S/C8H7NO2/c9-3-4-7-5(10)1-2-6(11)8(4)7/h1-2,4-5,7-8,10H. The van der Waals surface area contributed by atoms with Crippen molar-refractivity contribution in [2.45, 2.75) is 6.10 Å². The second kappa shape index (κ2) is 1.93. The molecule has 1 fully saturated rings. The Morgan fingerprint density at radius 3 is 2.91 bits per heavy atom. The van der Waals surface area contributed by atoms with E-state index in [9.17, 15) is 9.90 Å². The number of ketones is 1. The van der Waals surface area contributed by atoms with Crippen LogP contribution in [0.4, 0.5) is 0 Å². The van der Waals surface area contributed by atoms with Crippen molar-refractivity contribution in [2.24, 2.45) is 17.8 Å². The summed E-state index contributed by atoms with van der Waals surface area (Å²) in [6.07, 6.45) is 2.27. The molecule has 0 aromatic heterocycles. The maximum absolute atomic E-state index is 11.0. The molecule has 0 aliphatic heterocycles. The van der Waals surface area contributed by atoms with Crippen molar-refractivity contribution in [3.05, 3.63) is 12.2 Å². The molecule has 4 atom stereocenters. The molecular formula is C8H7NO2. The predicted octanol–water partition coefficient (Wildman–Crippen LogP) is -0.128. The lowest BCUT2D eigenvalue weighted by molar-refractivity contribution is -0.116. The first-order valence-corrected chi connectivity index (χ1v) is 3.55. The van der Waals surface area contributed by atoms with E-state index in [0.29, 0.717) is 0 Å². The van der Waals surface area contributed by atoms with Crippen molar-refractivity contribution in [1.82, 2.24) is 0 Å². The summed E-state index contributed by atoms with van der Waals surface area (Å²) in [4.78, 5) is 11.0. The van der Waals surface area contributed by atoms with Crippen molar-refractivity contribution in [3.8, 4) is 6.07 Å². The molecule has 0 bridgehead atoms. The number of hydrogen-bond donors (Lipinski definition) is 1. The number of rotatable bonds is 0. The van der Waals surface area contributed by atoms with Gasteiger partial charge in [-0.25, -0.2) is 0 Å². The molecule has 2 rings (SSSR count). The van der Waals surface area contributed by atoms with E-state index < -0.39 is 6.10 Å². The Labute approximate surface area is 63.9 Å². The molecular weight excluding hydrogens is 142 g/mol. The van der Waals surface area contributed by atoms with Crippen LogP contribution in [0.15, 0.2) is 12.2 Å². The number of aliphatic hydroxyl groups is 1. The third-order valence-electron chi connectivity index (χ3n) is 2.40. The Morgan fingerprint density at radius 2 is 2.36 bits per heavy atom. The predicted molar refractivity (Wildman–Crippen MR) is 36.2 cm³/mol. The fourth-order valence-corrected chi connectivity index (χ4v) is 1.73. The van der Waals surface area contributed by atoms with Gasteiger partial charge in [-0.1, -0.05) is 6.08 Å². The molecule has 0 saturated heterocycles. The highest BCUT2D eigenvalue weighted by Gasteiger charge is 2.58. The first-order valence-electron chi connectivity index (χ1n) is 3.55. The molecule has 0 radical (unpaired) electrons. The van der Waals surface area contributed by atoms with Gasteiger partial charge in [0.15, 0.2) is 5.78 Å². The number of carbonyl (C=O) groups is 1. The number of aliphatic hydroxyl groups excluding tert-OH is 1. The zero-order valence-electron chi connectivity index (χ0n) is 5.77. The largest absolute Gasteiger partial charge is 0.389 e. The van der Waals surface area contributed by atoms with Gasteiger partial charge in [0.25, 0.3) is 0 Å². The normalized spacial score (nSPS) is 46.4. The van der Waals surface area contributed by atoms with E-state index in [1.807, 2.05) is 6.07 Å². The zero-order chi connectivity index (χ0) is 8.01. The topological polar surface area (TPSA) is 61.1 Å². The second-order valence-electron chi connectivity index (χ2n) is 3.01. The summed E-state index contributed by atoms with van der Waals surface area (Å²) >= 11 is 0. The first-order chi connectivity index (χ1) is 5.25. The SMILES string of the molecule is N#CC1C2C(=O)C=CC(O)C12. The van der Waals surface area contributed by atoms with E-state index in [2.05, 4.69) is 0 Å². The quantitative estimate of drug-likeness (QED) is 0.522. The molecule has 0 spiro atoms. The number of carbonyl (C=O) groups excluding carboxylic acids is 1. The van der Waals surface area contributed by atoms with Gasteiger partial charge < -0.3 is 5.11 Å². The molecule has 0 amide bonds. The average molecular weight is 149 g/mol. The van der Waals surface area contributed by atoms with Crippen LogP contribution in [-0.2, 0) is 4.79 Å². The van der Waals surface area contributed by atoms with E-state index >= 15 is 0 Å². The highest BCUT2D eigenvalue weighted by Crippen LogP contribution is 2.51. The van der Waals surface area contributed by atoms with Crippen molar-refractivity contribution in [3.63, 3.8) is 0 Å². The van der Waals surface area contributed by atoms with Crippen molar-refractivity contribution >= 4 is 5.78 Å². The summed E-state index contributed by atoms with van der Waals surface area (Å²) < 4.78 is 0. The van der Waals surface area contributed by atoms with Gasteiger partial charge in [0.2, 0.25) is 0 Å². The minimum absolute atomic E-state index is 0.00755. The lowest BCUT2D eigenvalue weighted by Gasteiger charge is -2.06. The summed E-state index contributed by atoms with van der Waals surface area (Å²) in [5.41, 5.74) is 0. The highest BCUT2D eigenvalue weighted by molar-refractivity contribution is 5.96. The molecule has 4 unspecified atom stereocenters. The van der Waals surface area contributed by atoms with Gasteiger partial charge in [0.05, 0.1) is 18.1 Å². The summed E-state index contributed by atoms with van der Waals surface area (Å²) in [7, 11) is 0. The second-order valence-corrected chi connectivity index (χ2v) is 3.01. The Bertz CT molecular complexity index is 276. The van der Waals surface area contributed by atoms with Crippen LogP contribution in [0.1, 0.15) is 0 Å². The highest BCUT2D eigenvalue weighted by atomic mass is 16.3. The minimum Gasteiger partial charge on any atom is -0.389 e. The van der Waals surface area contributed by atoms with Crippen LogP contribution in [0.2, 0.25) is 0 Å². The first kappa shape index (κ1) is 6.56. The summed E-state index contributed by atoms with van der Waals surface area (Å²) in [6.45, 7) is 0. The lowest BCUT2D eigenvalue weighted by Crippen LogP contribution is -2.15. The minimum atomic E-state index is -0.581. The van der Waals surface area contributed by atoms with Crippen LogP contribution in [0.3, 0.4) is 0 Å². The Morgan fingerprint density at radius 1 is 1.64 bits per heavy atom. The summed E-state index contributed by atoms with van der Waals surface area (Å²) in [5, 5.41) is 17.8. The number of nitriles is 1. The monoisotopic (exact) mass is 149 g/mol. The molecule has 1 saturated carbocycles. The molecule has 2 aliphatic rings. The Kier molecular flexibility index (Phi) is 1.15. The van der Waals surface area contributed by atoms with Crippen molar-refractivity contribution in [2.75, 3.05) is 0 Å². The van der Waals surface area contributed by atoms with Gasteiger partial charge in [-0.3, -0.25) is 4.79 Å². The maximum Gasteiger partial charge on any atom is 0.160 e. The van der Waals surface area contributed by atoms with E-state index in [1.54, 1.807) is 0 Å². The van der Waals surface area contributed by atoms with Gasteiger partial charge in [-0.05, 0) is 6.08 Å². The van der Waals surface area contributed by atoms with E-state index in [4.69, 9.17) is 5.26 Å². The summed E-state index contributed by atoms with van der Waals surface area (Å²) in [5.74, 6) is -0.572. The van der Waals surface area contributed by atoms with Gasteiger partial charge in [-0.2, -0.15) is 5.26 Å². The third-order valence-corrected chi connectivity index (χ3v) is 2.40. The van der Waals surface area contributed by atoms with Crippen LogP contribution in [-0.4, -0.2) is 17.0 Å². The van der Waals surface area contributed by atoms with Gasteiger partial charge in [0, 0.05) is 11.8 Å². The van der Waals surface area contributed by atoms with Gasteiger partial charge in [-0.15, -0.1) is 0 Å². The van der Waals surface area contributed by atoms with Crippen molar-refractivity contribution < 1.29 is 9.90 Å². The van der Waals surface area contributed by atoms with E-state index in [1.165, 1.54) is 12.2 Å². The van der Waals surface area contributed by atoms with Crippen LogP contribution < -0.4 is 0 Å². The molecule has 3 nitrogen and oxygen atoms in total. The van der Waals surface area contributed by atoms with Crippen LogP contribution >= 0.6 is 0 Å². The van der Waals surface area contributed by atoms with Crippen LogP contribution in [0.25, 0.3) is 0 Å². The van der Waals surface area contributed by atoms with E-state index in [0.717, 1.165) is 0 Å². The number of fused-ring (bicyclic) bond motifs is 1. The van der Waals surface area contributed by atoms with Gasteiger partial charge >= 0.3 is 0 Å². The zero-order valence-corrected chi connectivity index (χ0v) is 5.77. The molecule has 0 aromatic carbocycles. The third kappa shape index (κ3) is 0.732. The summed E-state index contributed by atoms with van der Waals surface area (Å²) in [6, 6.07) is 2.02. The maximum atomic E-state index is 11.0. The molecule has 56 valence electrons. The van der Waals surface area contributed by atoms with Gasteiger partial charge in [0.1, 0.15) is 0 Å². The number of allylic oxidation sites excluding steroid dienone is 1. The lowest BCUT2D eigenvalue weighted by atomic mass is 10.0. The molecule has 2 aliphatic carbocycles. The fraction of sp³-hybridized carbons (Fsp3) is 0.500. The number of nitrogens with zero attached hydrogens (tertiary/aromatic N) is 1. The molecule has 0 heterocycles.